The minimum Gasteiger partial charge on any atom is -0.494 e. The van der Waals surface area contributed by atoms with Gasteiger partial charge in [-0.1, -0.05) is 55.8 Å². The Hall–Kier alpha value is -6.01. The second-order valence-corrected chi connectivity index (χ2v) is 19.0. The summed E-state index contributed by atoms with van der Waals surface area (Å²) in [6, 6.07) is 23.2. The summed E-state index contributed by atoms with van der Waals surface area (Å²) < 4.78 is 13.0. The average Bonchev–Trinajstić information content (AvgIpc) is 3.58. The Morgan fingerprint density at radius 3 is 2.48 bits per heavy atom. The van der Waals surface area contributed by atoms with Gasteiger partial charge in [-0.05, 0) is 159 Å². The van der Waals surface area contributed by atoms with Crippen molar-refractivity contribution < 1.29 is 29.0 Å². The number of aromatic nitrogens is 3. The molecule has 0 saturated heterocycles. The van der Waals surface area contributed by atoms with Crippen molar-refractivity contribution in [3.63, 3.8) is 0 Å². The van der Waals surface area contributed by atoms with Crippen LogP contribution in [0.5, 0.6) is 11.5 Å². The highest BCUT2D eigenvalue weighted by Crippen LogP contribution is 2.57. The maximum Gasteiger partial charge on any atom is 0.329 e. The van der Waals surface area contributed by atoms with Crippen molar-refractivity contribution in [3.05, 3.63) is 130 Å². The quantitative estimate of drug-likeness (QED) is 0.0657. The van der Waals surface area contributed by atoms with Crippen LogP contribution in [0.2, 0.25) is 5.02 Å². The number of benzene rings is 3. The number of carboxylic acid groups (broad SMARTS) is 1. The molecule has 4 atom stereocenters. The minimum atomic E-state index is -1.13. The van der Waals surface area contributed by atoms with Crippen LogP contribution in [-0.4, -0.2) is 56.6 Å². The molecule has 0 bridgehead atoms. The second-order valence-electron chi connectivity index (χ2n) is 18.5. The molecule has 1 saturated carbocycles. The van der Waals surface area contributed by atoms with Crippen LogP contribution in [0.1, 0.15) is 129 Å². The number of amides is 2. The van der Waals surface area contributed by atoms with E-state index in [1.54, 1.807) is 24.5 Å². The number of aryl methyl sites for hydroxylation is 1. The van der Waals surface area contributed by atoms with E-state index in [2.05, 4.69) is 51.6 Å². The molecule has 340 valence electrons. The first-order valence-corrected chi connectivity index (χ1v) is 23.4. The van der Waals surface area contributed by atoms with E-state index in [9.17, 15) is 19.5 Å². The maximum absolute atomic E-state index is 13.1. The van der Waals surface area contributed by atoms with Gasteiger partial charge in [-0.3, -0.25) is 14.6 Å². The number of pyridine rings is 1. The van der Waals surface area contributed by atoms with Gasteiger partial charge in [0, 0.05) is 52.5 Å². The van der Waals surface area contributed by atoms with E-state index in [1.807, 2.05) is 61.7 Å². The van der Waals surface area contributed by atoms with Crippen molar-refractivity contribution in [2.45, 2.75) is 114 Å². The third-order valence-electron chi connectivity index (χ3n) is 14.1. The molecule has 2 amide bonds. The highest BCUT2D eigenvalue weighted by molar-refractivity contribution is 6.30. The van der Waals surface area contributed by atoms with Gasteiger partial charge in [0.05, 0.1) is 19.3 Å². The van der Waals surface area contributed by atoms with Crippen molar-refractivity contribution in [2.75, 3.05) is 18.5 Å². The number of nitrogens with two attached hydrogens (primary N) is 1. The third-order valence-corrected chi connectivity index (χ3v) is 14.3. The number of hydrogen-bond donors (Lipinski definition) is 4. The number of primary amides is 1. The summed E-state index contributed by atoms with van der Waals surface area (Å²) in [5.41, 5.74) is 12.1. The monoisotopic (exact) mass is 898 g/mol. The zero-order chi connectivity index (χ0) is 45.7. The standard InChI is InChI=1S/C52H59ClN6O6/c1-32(31-65-45-17-22-55-44-13-4-8-33(2)47(44)45)24-39-26-37-15-16-42(28-43(37)51(39)18-20-52(21-19-51,50(62)63)59-41-12-6-11-40(53)27-41)64-23-7-14-46(60)58-34(3)35-9-5-10-36(25-35)38-29-56-49(48(54)61)57-30-38/h5-6,9-12,15-17,22,25,27-30,32-34,39,59H,4,7-8,13-14,18-21,23-24,26,31H2,1-3H3,(H2,54,61)(H,58,60)(H,62,63)/t32-,33-,34-,39?,51?,52?/m1/s1. The molecule has 65 heavy (non-hydrogen) atoms. The highest BCUT2D eigenvalue weighted by atomic mass is 35.5. The van der Waals surface area contributed by atoms with Crippen LogP contribution in [0.25, 0.3) is 11.1 Å². The van der Waals surface area contributed by atoms with E-state index in [0.29, 0.717) is 68.4 Å². The van der Waals surface area contributed by atoms with Crippen LogP contribution in [0.15, 0.2) is 91.4 Å². The number of carboxylic acids is 1. The molecule has 3 aliphatic carbocycles. The molecule has 2 heterocycles. The fourth-order valence-corrected chi connectivity index (χ4v) is 10.8. The molecule has 1 unspecified atom stereocenters. The lowest BCUT2D eigenvalue weighted by Gasteiger charge is -2.47. The first-order valence-electron chi connectivity index (χ1n) is 23.0. The maximum atomic E-state index is 13.1. The molecular weight excluding hydrogens is 840 g/mol. The molecule has 5 aromatic rings. The molecular formula is C52H59ClN6O6. The zero-order valence-electron chi connectivity index (χ0n) is 37.4. The van der Waals surface area contributed by atoms with Gasteiger partial charge in [-0.2, -0.15) is 0 Å². The Morgan fingerprint density at radius 2 is 1.72 bits per heavy atom. The van der Waals surface area contributed by atoms with Crippen molar-refractivity contribution >= 4 is 35.1 Å². The number of nitrogens with zero attached hydrogens (tertiary/aromatic N) is 3. The average molecular weight is 900 g/mol. The number of anilines is 1. The Labute approximate surface area is 386 Å². The Bertz CT molecular complexity index is 2520. The number of hydrogen-bond acceptors (Lipinski definition) is 9. The van der Waals surface area contributed by atoms with Gasteiger partial charge in [0.15, 0.2) is 0 Å². The van der Waals surface area contributed by atoms with Crippen molar-refractivity contribution in [1.82, 2.24) is 20.3 Å². The van der Waals surface area contributed by atoms with Crippen LogP contribution >= 0.6 is 11.6 Å². The number of halogens is 1. The number of ether oxygens (including phenoxy) is 2. The zero-order valence-corrected chi connectivity index (χ0v) is 38.2. The molecule has 1 spiro atoms. The predicted molar refractivity (Wildman–Crippen MR) is 251 cm³/mol. The summed E-state index contributed by atoms with van der Waals surface area (Å²) >= 11 is 6.32. The van der Waals surface area contributed by atoms with E-state index in [1.165, 1.54) is 16.7 Å². The number of nitrogens with one attached hydrogen (secondary N) is 2. The summed E-state index contributed by atoms with van der Waals surface area (Å²) in [4.78, 5) is 50.4. The van der Waals surface area contributed by atoms with Crippen LogP contribution in [0, 0.1) is 11.8 Å². The van der Waals surface area contributed by atoms with Crippen molar-refractivity contribution in [2.24, 2.45) is 17.6 Å². The fraction of sp³-hybridized carbons (Fsp3) is 0.423. The van der Waals surface area contributed by atoms with Gasteiger partial charge in [-0.15, -0.1) is 0 Å². The highest BCUT2D eigenvalue weighted by Gasteiger charge is 2.54. The van der Waals surface area contributed by atoms with Gasteiger partial charge in [0.2, 0.25) is 11.7 Å². The molecule has 0 radical (unpaired) electrons. The summed E-state index contributed by atoms with van der Waals surface area (Å²) in [6.07, 6.45) is 13.3. The molecule has 2 aromatic heterocycles. The van der Waals surface area contributed by atoms with E-state index in [4.69, 9.17) is 26.8 Å². The lowest BCUT2D eigenvalue weighted by atomic mass is 9.59. The Kier molecular flexibility index (Phi) is 13.7. The van der Waals surface area contributed by atoms with Gasteiger partial charge < -0.3 is 30.9 Å². The first-order chi connectivity index (χ1) is 31.3. The number of carbonyl (C=O) groups is 3. The van der Waals surface area contributed by atoms with E-state index < -0.39 is 17.4 Å². The molecule has 3 aliphatic rings. The van der Waals surface area contributed by atoms with Crippen LogP contribution in [0.3, 0.4) is 0 Å². The predicted octanol–water partition coefficient (Wildman–Crippen LogP) is 9.79. The molecule has 1 fully saturated rings. The van der Waals surface area contributed by atoms with Gasteiger partial charge in [0.1, 0.15) is 17.0 Å². The molecule has 3 aromatic carbocycles. The SMILES string of the molecule is C[C@@H](COc1ccnc2c1[C@H](C)CCC2)CC1Cc2ccc(OCCCC(=O)N[C@H](C)c3cccc(-c4cnc(C(N)=O)nc4)c3)cc2C12CCC(Nc1cccc(Cl)c1)(C(=O)O)CC2. The fourth-order valence-electron chi connectivity index (χ4n) is 10.6. The molecule has 8 rings (SSSR count). The largest absolute Gasteiger partial charge is 0.494 e. The van der Waals surface area contributed by atoms with Gasteiger partial charge in [0.25, 0.3) is 5.91 Å². The Morgan fingerprint density at radius 1 is 0.938 bits per heavy atom. The van der Waals surface area contributed by atoms with E-state index in [-0.39, 0.29) is 35.0 Å². The smallest absolute Gasteiger partial charge is 0.329 e. The first kappa shape index (κ1) is 45.6. The number of carbonyl (C=O) groups excluding carboxylic acids is 2. The lowest BCUT2D eigenvalue weighted by Crippen LogP contribution is -2.53. The molecule has 0 aliphatic heterocycles. The lowest BCUT2D eigenvalue weighted by molar-refractivity contribution is -0.144. The topological polar surface area (TPSA) is 179 Å². The number of rotatable bonds is 17. The second kappa shape index (κ2) is 19.6. The molecule has 12 nitrogen and oxygen atoms in total. The third kappa shape index (κ3) is 10.1. The summed E-state index contributed by atoms with van der Waals surface area (Å²) in [6.45, 7) is 7.44. The van der Waals surface area contributed by atoms with E-state index in [0.717, 1.165) is 66.0 Å². The van der Waals surface area contributed by atoms with E-state index >= 15 is 0 Å². The van der Waals surface area contributed by atoms with Crippen LogP contribution < -0.4 is 25.8 Å². The van der Waals surface area contributed by atoms with Gasteiger partial charge >= 0.3 is 5.97 Å². The number of fused-ring (bicyclic) bond motifs is 3. The Balaban J connectivity index is 0.925. The summed E-state index contributed by atoms with van der Waals surface area (Å²) in [5.74, 6) is 1.01. The normalized spacial score (nSPS) is 22.0. The van der Waals surface area contributed by atoms with Crippen molar-refractivity contribution in [1.29, 1.82) is 0 Å². The van der Waals surface area contributed by atoms with Crippen LogP contribution in [-0.2, 0) is 27.8 Å². The summed E-state index contributed by atoms with van der Waals surface area (Å²) in [7, 11) is 0. The minimum absolute atomic E-state index is 0.0445. The van der Waals surface area contributed by atoms with Crippen LogP contribution in [0.4, 0.5) is 5.69 Å². The molecule has 13 heteroatoms. The summed E-state index contributed by atoms with van der Waals surface area (Å²) in [5, 5.41) is 17.8. The van der Waals surface area contributed by atoms with Crippen molar-refractivity contribution in [3.8, 4) is 22.6 Å². The van der Waals surface area contributed by atoms with Gasteiger partial charge in [-0.25, -0.2) is 14.8 Å². The molecule has 5 N–H and O–H groups in total. The number of aliphatic carboxylic acids is 1.